The number of carbonyl (C=O) groups is 2. The van der Waals surface area contributed by atoms with E-state index in [0.717, 1.165) is 23.6 Å². The minimum Gasteiger partial charge on any atom is -0.444 e. The van der Waals surface area contributed by atoms with Crippen LogP contribution in [-0.2, 0) is 9.53 Å². The van der Waals surface area contributed by atoms with Crippen LogP contribution in [0.5, 0.6) is 0 Å². The molecular formula is C24H32ClN3O3. The first-order valence-electron chi connectivity index (χ1n) is 10.5. The minimum absolute atomic E-state index is 0.191. The van der Waals surface area contributed by atoms with Crippen LogP contribution in [0.25, 0.3) is 0 Å². The molecule has 0 saturated carbocycles. The van der Waals surface area contributed by atoms with Crippen LogP contribution in [0, 0.1) is 0 Å². The van der Waals surface area contributed by atoms with Crippen molar-refractivity contribution >= 4 is 24.1 Å². The molecule has 0 radical (unpaired) electrons. The van der Waals surface area contributed by atoms with Crippen LogP contribution in [0.4, 0.5) is 4.79 Å². The third-order valence-corrected chi connectivity index (χ3v) is 5.20. The molecule has 1 unspecified atom stereocenters. The number of nitrogens with zero attached hydrogens (tertiary/aromatic N) is 2. The Kier molecular flexibility index (Phi) is 9.31. The topological polar surface area (TPSA) is 71.5 Å². The molecule has 31 heavy (non-hydrogen) atoms. The fourth-order valence-electron chi connectivity index (χ4n) is 3.21. The number of halogens is 1. The van der Waals surface area contributed by atoms with Gasteiger partial charge in [0.05, 0.1) is 0 Å². The number of rotatable bonds is 4. The number of likely N-dealkylation sites (tertiary alicyclic amines) is 1. The number of pyridine rings is 1. The Hall–Kier alpha value is -2.60. The molecule has 0 aliphatic carbocycles. The monoisotopic (exact) mass is 445 g/mol. The van der Waals surface area contributed by atoms with Crippen molar-refractivity contribution in [3.05, 3.63) is 64.9 Å². The summed E-state index contributed by atoms with van der Waals surface area (Å²) in [6.07, 6.45) is 3.85. The van der Waals surface area contributed by atoms with Crippen molar-refractivity contribution in [3.63, 3.8) is 0 Å². The molecule has 1 N–H and O–H groups in total. The zero-order valence-corrected chi connectivity index (χ0v) is 19.4. The molecule has 1 aliphatic heterocycles. The largest absolute Gasteiger partial charge is 0.444 e. The van der Waals surface area contributed by atoms with Crippen LogP contribution in [-0.4, -0.2) is 47.1 Å². The predicted molar refractivity (Wildman–Crippen MR) is 123 cm³/mol. The van der Waals surface area contributed by atoms with Crippen LogP contribution >= 0.6 is 11.6 Å². The Morgan fingerprint density at radius 2 is 1.84 bits per heavy atom. The molecule has 1 aromatic heterocycles. The van der Waals surface area contributed by atoms with Gasteiger partial charge in [0.15, 0.2) is 0 Å². The molecule has 2 amide bonds. The van der Waals surface area contributed by atoms with Crippen molar-refractivity contribution in [1.82, 2.24) is 15.2 Å². The van der Waals surface area contributed by atoms with Gasteiger partial charge in [0, 0.05) is 42.0 Å². The standard InChI is InChI=1S/C13H12ClN.C11H20N2O3/c1-10(13-4-2-3-9-15-13)11-5-7-12(14)8-6-11;1-11(2,3)16-10(15)13-6-4-9(5-7-13)12-8-14/h2-10H,1H3;8-9H,4-7H2,1-3H3,(H,12,14). The second kappa shape index (κ2) is 11.7. The van der Waals surface area contributed by atoms with E-state index >= 15 is 0 Å². The summed E-state index contributed by atoms with van der Waals surface area (Å²) >= 11 is 5.85. The van der Waals surface area contributed by atoms with E-state index in [4.69, 9.17) is 16.3 Å². The number of hydrogen-bond donors (Lipinski definition) is 1. The zero-order chi connectivity index (χ0) is 22.9. The molecule has 0 spiro atoms. The number of carbonyl (C=O) groups excluding carboxylic acids is 2. The van der Waals surface area contributed by atoms with Gasteiger partial charge in [0.25, 0.3) is 0 Å². The molecule has 168 valence electrons. The highest BCUT2D eigenvalue weighted by molar-refractivity contribution is 6.30. The van der Waals surface area contributed by atoms with Crippen molar-refractivity contribution in [2.45, 2.75) is 58.1 Å². The van der Waals surface area contributed by atoms with Crippen LogP contribution in [0.2, 0.25) is 5.02 Å². The van der Waals surface area contributed by atoms with Gasteiger partial charge in [0.1, 0.15) is 5.60 Å². The van der Waals surface area contributed by atoms with E-state index in [1.165, 1.54) is 5.56 Å². The van der Waals surface area contributed by atoms with Crippen LogP contribution in [0.1, 0.15) is 57.7 Å². The van der Waals surface area contributed by atoms with Gasteiger partial charge in [-0.05, 0) is 63.4 Å². The van der Waals surface area contributed by atoms with E-state index in [1.54, 1.807) is 4.90 Å². The van der Waals surface area contributed by atoms with E-state index < -0.39 is 5.60 Å². The lowest BCUT2D eigenvalue weighted by molar-refractivity contribution is -0.110. The third-order valence-electron chi connectivity index (χ3n) is 4.95. The Labute approximate surface area is 190 Å². The van der Waals surface area contributed by atoms with E-state index in [-0.39, 0.29) is 12.1 Å². The molecule has 1 aromatic carbocycles. The van der Waals surface area contributed by atoms with Crippen LogP contribution < -0.4 is 5.32 Å². The quantitative estimate of drug-likeness (QED) is 0.671. The number of hydrogen-bond acceptors (Lipinski definition) is 4. The van der Waals surface area contributed by atoms with Gasteiger partial charge >= 0.3 is 6.09 Å². The fraction of sp³-hybridized carbons (Fsp3) is 0.458. The first-order chi connectivity index (χ1) is 14.7. The maximum Gasteiger partial charge on any atom is 0.410 e. The van der Waals surface area contributed by atoms with Gasteiger partial charge < -0.3 is 15.0 Å². The molecule has 3 rings (SSSR count). The first-order valence-corrected chi connectivity index (χ1v) is 10.9. The molecule has 1 saturated heterocycles. The maximum absolute atomic E-state index is 11.7. The van der Waals surface area contributed by atoms with Gasteiger partial charge in [-0.15, -0.1) is 0 Å². The van der Waals surface area contributed by atoms with Crippen molar-refractivity contribution in [1.29, 1.82) is 0 Å². The number of ether oxygens (including phenoxy) is 1. The third kappa shape index (κ3) is 8.58. The summed E-state index contributed by atoms with van der Waals surface area (Å²) in [6, 6.07) is 14.1. The van der Waals surface area contributed by atoms with Gasteiger partial charge in [-0.1, -0.05) is 36.7 Å². The van der Waals surface area contributed by atoms with Gasteiger partial charge in [-0.2, -0.15) is 0 Å². The molecule has 1 aliphatic rings. The molecule has 2 heterocycles. The van der Waals surface area contributed by atoms with Crippen molar-refractivity contribution in [2.75, 3.05) is 13.1 Å². The normalized spacial score (nSPS) is 15.3. The summed E-state index contributed by atoms with van der Waals surface area (Å²) in [5.74, 6) is 0.309. The van der Waals surface area contributed by atoms with Gasteiger partial charge in [-0.25, -0.2) is 4.79 Å². The molecule has 2 aromatic rings. The van der Waals surface area contributed by atoms with Gasteiger partial charge in [-0.3, -0.25) is 9.78 Å². The highest BCUT2D eigenvalue weighted by Crippen LogP contribution is 2.23. The summed E-state index contributed by atoms with van der Waals surface area (Å²) in [4.78, 5) is 28.0. The van der Waals surface area contributed by atoms with Crippen LogP contribution in [0.3, 0.4) is 0 Å². The Balaban J connectivity index is 0.000000220. The highest BCUT2D eigenvalue weighted by Gasteiger charge is 2.26. The summed E-state index contributed by atoms with van der Waals surface area (Å²) in [5.41, 5.74) is 1.87. The minimum atomic E-state index is -0.449. The highest BCUT2D eigenvalue weighted by atomic mass is 35.5. The number of aromatic nitrogens is 1. The molecular weight excluding hydrogens is 414 g/mol. The smallest absolute Gasteiger partial charge is 0.410 e. The SMILES string of the molecule is CC(C)(C)OC(=O)N1CCC(NC=O)CC1.CC(c1ccc(Cl)cc1)c1ccccn1. The van der Waals surface area contributed by atoms with E-state index in [0.29, 0.717) is 25.4 Å². The lowest BCUT2D eigenvalue weighted by Gasteiger charge is -2.33. The summed E-state index contributed by atoms with van der Waals surface area (Å²) in [7, 11) is 0. The first kappa shape index (κ1) is 24.7. The van der Waals surface area contributed by atoms with Gasteiger partial charge in [0.2, 0.25) is 6.41 Å². The second-order valence-electron chi connectivity index (χ2n) is 8.55. The average Bonchev–Trinajstić information content (AvgIpc) is 2.74. The lowest BCUT2D eigenvalue weighted by atomic mass is 9.97. The van der Waals surface area contributed by atoms with E-state index in [2.05, 4.69) is 17.2 Å². The molecule has 1 atom stereocenters. The van der Waals surface area contributed by atoms with Crippen molar-refractivity contribution < 1.29 is 14.3 Å². The summed E-state index contributed by atoms with van der Waals surface area (Å²) in [5, 5.41) is 3.50. The maximum atomic E-state index is 11.7. The van der Waals surface area contributed by atoms with E-state index in [9.17, 15) is 9.59 Å². The number of benzene rings is 1. The second-order valence-corrected chi connectivity index (χ2v) is 8.99. The Bertz CT molecular complexity index is 814. The molecule has 0 bridgehead atoms. The zero-order valence-electron chi connectivity index (χ0n) is 18.7. The predicted octanol–water partition coefficient (Wildman–Crippen LogP) is 5.02. The number of amides is 2. The summed E-state index contributed by atoms with van der Waals surface area (Å²) in [6.45, 7) is 8.98. The van der Waals surface area contributed by atoms with E-state index in [1.807, 2.05) is 69.4 Å². The Morgan fingerprint density at radius 3 is 2.35 bits per heavy atom. The molecule has 6 nitrogen and oxygen atoms in total. The van der Waals surface area contributed by atoms with Crippen LogP contribution in [0.15, 0.2) is 48.7 Å². The van der Waals surface area contributed by atoms with Crippen molar-refractivity contribution in [2.24, 2.45) is 0 Å². The number of piperidine rings is 1. The fourth-order valence-corrected chi connectivity index (χ4v) is 3.33. The molecule has 7 heteroatoms. The number of nitrogens with one attached hydrogen (secondary N) is 1. The summed E-state index contributed by atoms with van der Waals surface area (Å²) < 4.78 is 5.27. The van der Waals surface area contributed by atoms with Crippen molar-refractivity contribution in [3.8, 4) is 0 Å². The molecule has 1 fully saturated rings. The average molecular weight is 446 g/mol. The Morgan fingerprint density at radius 1 is 1.19 bits per heavy atom. The lowest BCUT2D eigenvalue weighted by Crippen LogP contribution is -2.46.